The van der Waals surface area contributed by atoms with Crippen molar-refractivity contribution in [2.45, 2.75) is 26.3 Å². The normalized spacial score (nSPS) is 16.9. The molecule has 1 aliphatic rings. The lowest BCUT2D eigenvalue weighted by atomic mass is 10.1. The number of hydrogen-bond donors (Lipinski definition) is 1. The molecule has 0 aromatic heterocycles. The Labute approximate surface area is 139 Å². The van der Waals surface area contributed by atoms with Crippen molar-refractivity contribution in [1.29, 1.82) is 0 Å². The second-order valence-corrected chi connectivity index (χ2v) is 5.95. The fourth-order valence-corrected chi connectivity index (χ4v) is 3.10. The van der Waals surface area contributed by atoms with Crippen molar-refractivity contribution in [3.05, 3.63) is 39.2 Å². The molecule has 1 aromatic carbocycles. The van der Waals surface area contributed by atoms with E-state index in [1.807, 2.05) is 6.92 Å². The molecule has 0 saturated carbocycles. The topological polar surface area (TPSA) is 86.9 Å². The van der Waals surface area contributed by atoms with Gasteiger partial charge in [0.2, 0.25) is 0 Å². The third-order valence-corrected chi connectivity index (χ3v) is 4.48. The molecule has 7 nitrogen and oxygen atoms in total. The van der Waals surface area contributed by atoms with E-state index < -0.39 is 16.6 Å². The van der Waals surface area contributed by atoms with Crippen molar-refractivity contribution in [3.63, 3.8) is 0 Å². The van der Waals surface area contributed by atoms with Crippen molar-refractivity contribution in [2.75, 3.05) is 32.8 Å². The van der Waals surface area contributed by atoms with Gasteiger partial charge < -0.3 is 10.0 Å². The van der Waals surface area contributed by atoms with Crippen LogP contribution in [0.3, 0.4) is 0 Å². The summed E-state index contributed by atoms with van der Waals surface area (Å²) in [7, 11) is 0. The number of piperazine rings is 1. The summed E-state index contributed by atoms with van der Waals surface area (Å²) >= 11 is 0. The molecule has 1 fully saturated rings. The van der Waals surface area contributed by atoms with E-state index in [9.17, 15) is 24.4 Å². The fourth-order valence-electron chi connectivity index (χ4n) is 3.10. The van der Waals surface area contributed by atoms with Gasteiger partial charge in [0.1, 0.15) is 11.4 Å². The summed E-state index contributed by atoms with van der Waals surface area (Å²) in [6, 6.07) is 2.04. The van der Waals surface area contributed by atoms with Gasteiger partial charge in [-0.25, -0.2) is 4.39 Å². The van der Waals surface area contributed by atoms with Crippen molar-refractivity contribution < 1.29 is 19.2 Å². The molecule has 1 aromatic rings. The number of nitro groups is 1. The van der Waals surface area contributed by atoms with E-state index in [1.165, 1.54) is 11.8 Å². The molecule has 132 valence electrons. The monoisotopic (exact) mass is 339 g/mol. The molecule has 1 amide bonds. The van der Waals surface area contributed by atoms with Crippen LogP contribution in [0.25, 0.3) is 0 Å². The number of rotatable bonds is 5. The number of nitrogens with zero attached hydrogens (tertiary/aromatic N) is 3. The van der Waals surface area contributed by atoms with Crippen LogP contribution in [0.2, 0.25) is 0 Å². The Balaban J connectivity index is 2.18. The summed E-state index contributed by atoms with van der Waals surface area (Å²) in [5, 5.41) is 20.6. The number of aryl methyl sites for hydroxylation is 1. The van der Waals surface area contributed by atoms with Crippen LogP contribution >= 0.6 is 0 Å². The Morgan fingerprint density at radius 3 is 2.50 bits per heavy atom. The number of aliphatic hydroxyl groups excluding tert-OH is 1. The van der Waals surface area contributed by atoms with Crippen molar-refractivity contribution in [1.82, 2.24) is 9.80 Å². The van der Waals surface area contributed by atoms with Gasteiger partial charge in [-0.05, 0) is 25.5 Å². The number of hydrogen-bond acceptors (Lipinski definition) is 5. The number of carbonyl (C=O) groups is 1. The SMILES string of the molecule is CCC(CO)N1CCN(C(=O)c2cc(F)cc(C)c2[N+](=O)[O-])CC1. The first-order valence-electron chi connectivity index (χ1n) is 7.97. The van der Waals surface area contributed by atoms with Crippen molar-refractivity contribution >= 4 is 11.6 Å². The van der Waals surface area contributed by atoms with Crippen LogP contribution in [0.5, 0.6) is 0 Å². The van der Waals surface area contributed by atoms with E-state index >= 15 is 0 Å². The fraction of sp³-hybridized carbons (Fsp3) is 0.562. The Bertz CT molecular complexity index is 626. The van der Waals surface area contributed by atoms with E-state index in [0.29, 0.717) is 26.2 Å². The maximum Gasteiger partial charge on any atom is 0.285 e. The third-order valence-electron chi connectivity index (χ3n) is 4.48. The summed E-state index contributed by atoms with van der Waals surface area (Å²) in [4.78, 5) is 26.8. The van der Waals surface area contributed by atoms with Crippen LogP contribution in [-0.2, 0) is 0 Å². The zero-order valence-corrected chi connectivity index (χ0v) is 13.9. The van der Waals surface area contributed by atoms with Gasteiger partial charge in [0, 0.05) is 37.8 Å². The van der Waals surface area contributed by atoms with Gasteiger partial charge in [0.05, 0.1) is 11.5 Å². The van der Waals surface area contributed by atoms with Gasteiger partial charge in [-0.3, -0.25) is 19.8 Å². The molecule has 0 bridgehead atoms. The maximum atomic E-state index is 13.6. The van der Waals surface area contributed by atoms with E-state index in [2.05, 4.69) is 4.90 Å². The van der Waals surface area contributed by atoms with Crippen LogP contribution in [0.1, 0.15) is 29.3 Å². The van der Waals surface area contributed by atoms with Gasteiger partial charge >= 0.3 is 0 Å². The average Bonchev–Trinajstić information content (AvgIpc) is 2.54. The van der Waals surface area contributed by atoms with E-state index in [-0.39, 0.29) is 29.5 Å². The van der Waals surface area contributed by atoms with Gasteiger partial charge in [-0.15, -0.1) is 0 Å². The summed E-state index contributed by atoms with van der Waals surface area (Å²) in [5.41, 5.74) is -0.418. The molecule has 24 heavy (non-hydrogen) atoms. The van der Waals surface area contributed by atoms with Crippen LogP contribution in [0.4, 0.5) is 10.1 Å². The molecule has 1 saturated heterocycles. The van der Waals surface area contributed by atoms with Crippen molar-refractivity contribution in [3.8, 4) is 0 Å². The van der Waals surface area contributed by atoms with Gasteiger partial charge in [-0.1, -0.05) is 6.92 Å². The molecule has 0 spiro atoms. The molecule has 1 aliphatic heterocycles. The number of benzene rings is 1. The first-order chi connectivity index (χ1) is 11.4. The molecule has 1 heterocycles. The molecule has 1 N–H and O–H groups in total. The molecular formula is C16H22FN3O4. The van der Waals surface area contributed by atoms with Gasteiger partial charge in [0.15, 0.2) is 0 Å². The molecule has 0 aliphatic carbocycles. The first kappa shape index (κ1) is 18.3. The molecule has 8 heteroatoms. The Morgan fingerprint density at radius 1 is 1.38 bits per heavy atom. The van der Waals surface area contributed by atoms with Crippen LogP contribution in [0, 0.1) is 22.9 Å². The first-order valence-corrected chi connectivity index (χ1v) is 7.97. The Kier molecular flexibility index (Phi) is 5.84. The molecule has 1 unspecified atom stereocenters. The average molecular weight is 339 g/mol. The second kappa shape index (κ2) is 7.67. The summed E-state index contributed by atoms with van der Waals surface area (Å²) in [6.07, 6.45) is 0.805. The number of nitro benzene ring substituents is 1. The molecule has 1 atom stereocenters. The number of amides is 1. The van der Waals surface area contributed by atoms with E-state index in [0.717, 1.165) is 18.6 Å². The summed E-state index contributed by atoms with van der Waals surface area (Å²) in [6.45, 7) is 5.39. The zero-order chi connectivity index (χ0) is 17.9. The van der Waals surface area contributed by atoms with E-state index in [4.69, 9.17) is 0 Å². The lowest BCUT2D eigenvalue weighted by molar-refractivity contribution is -0.385. The standard InChI is InChI=1S/C16H22FN3O4/c1-3-13(10-21)18-4-6-19(7-5-18)16(22)14-9-12(17)8-11(2)15(14)20(23)24/h8-9,13,21H,3-7,10H2,1-2H3. The summed E-state index contributed by atoms with van der Waals surface area (Å²) < 4.78 is 13.6. The highest BCUT2D eigenvalue weighted by Gasteiger charge is 2.30. The third kappa shape index (κ3) is 3.70. The zero-order valence-electron chi connectivity index (χ0n) is 13.9. The van der Waals surface area contributed by atoms with Gasteiger partial charge in [-0.2, -0.15) is 0 Å². The minimum atomic E-state index is -0.661. The predicted molar refractivity (Wildman–Crippen MR) is 86.4 cm³/mol. The number of carbonyl (C=O) groups excluding carboxylic acids is 1. The minimum Gasteiger partial charge on any atom is -0.395 e. The lowest BCUT2D eigenvalue weighted by Crippen LogP contribution is -2.52. The van der Waals surface area contributed by atoms with Crippen LogP contribution in [0.15, 0.2) is 12.1 Å². The van der Waals surface area contributed by atoms with E-state index in [1.54, 1.807) is 0 Å². The highest BCUT2D eigenvalue weighted by molar-refractivity contribution is 5.98. The van der Waals surface area contributed by atoms with Gasteiger partial charge in [0.25, 0.3) is 11.6 Å². The quantitative estimate of drug-likeness (QED) is 0.650. The Hall–Kier alpha value is -2.06. The van der Waals surface area contributed by atoms with Crippen LogP contribution in [-0.4, -0.2) is 64.6 Å². The van der Waals surface area contributed by atoms with Crippen molar-refractivity contribution in [2.24, 2.45) is 0 Å². The second-order valence-electron chi connectivity index (χ2n) is 5.95. The summed E-state index contributed by atoms with van der Waals surface area (Å²) in [5.74, 6) is -1.19. The minimum absolute atomic E-state index is 0.0491. The van der Waals surface area contributed by atoms with Crippen LogP contribution < -0.4 is 0 Å². The molecule has 0 radical (unpaired) electrons. The molecule has 2 rings (SSSR count). The number of aliphatic hydroxyl groups is 1. The highest BCUT2D eigenvalue weighted by atomic mass is 19.1. The molecular weight excluding hydrogens is 317 g/mol. The largest absolute Gasteiger partial charge is 0.395 e. The number of halogens is 1. The predicted octanol–water partition coefficient (Wildman–Crippen LogP) is 1.57. The lowest BCUT2D eigenvalue weighted by Gasteiger charge is -2.38. The highest BCUT2D eigenvalue weighted by Crippen LogP contribution is 2.26. The Morgan fingerprint density at radius 2 is 2.00 bits per heavy atom. The smallest absolute Gasteiger partial charge is 0.285 e. The maximum absolute atomic E-state index is 13.6.